The molecule has 2 aromatic rings. The minimum atomic E-state index is 0.703. The van der Waals surface area contributed by atoms with Gasteiger partial charge in [-0.1, -0.05) is 53.2 Å². The minimum absolute atomic E-state index is 0.703. The van der Waals surface area contributed by atoms with Crippen molar-refractivity contribution < 1.29 is 9.42 Å². The lowest BCUT2D eigenvalue weighted by atomic mass is 10.0. The van der Waals surface area contributed by atoms with Crippen LogP contribution in [-0.2, 0) is 4.74 Å². The molecule has 3 nitrogen and oxygen atoms in total. The van der Waals surface area contributed by atoms with Crippen LogP contribution in [-0.4, -0.2) is 36.4 Å². The molecule has 0 unspecified atom stereocenters. The van der Waals surface area contributed by atoms with E-state index in [1.807, 2.05) is 0 Å². The van der Waals surface area contributed by atoms with Crippen LogP contribution in [0.25, 0.3) is 11.1 Å². The molecule has 0 amide bonds. The number of rotatable bonds is 4. The van der Waals surface area contributed by atoms with Gasteiger partial charge < -0.3 is 4.74 Å². The molecule has 24 heavy (non-hydrogen) atoms. The summed E-state index contributed by atoms with van der Waals surface area (Å²) in [5, 5.41) is 4.84. The summed E-state index contributed by atoms with van der Waals surface area (Å²) in [4.78, 5) is 0. The highest BCUT2D eigenvalue weighted by Gasteiger charge is 2.24. The molecule has 0 aliphatic carbocycles. The average Bonchev–Trinajstić information content (AvgIpc) is 3.12. The molecule has 0 saturated carbocycles. The van der Waals surface area contributed by atoms with E-state index in [1.165, 1.54) is 22.4 Å². The largest absolute Gasteiger partial charge is 0.381 e. The fourth-order valence-electron chi connectivity index (χ4n) is 3.42. The van der Waals surface area contributed by atoms with Gasteiger partial charge in [-0.2, -0.15) is 0 Å². The highest BCUT2D eigenvalue weighted by molar-refractivity contribution is 6.08. The van der Waals surface area contributed by atoms with Crippen LogP contribution >= 0.6 is 0 Å². The van der Waals surface area contributed by atoms with E-state index in [-0.39, 0.29) is 0 Å². The predicted octanol–water partition coefficient (Wildman–Crippen LogP) is 3.97. The molecule has 4 rings (SSSR count). The molecule has 0 spiro atoms. The lowest BCUT2D eigenvalue weighted by Gasteiger charge is -2.18. The van der Waals surface area contributed by atoms with Crippen LogP contribution in [0.5, 0.6) is 0 Å². The predicted molar refractivity (Wildman–Crippen MR) is 97.8 cm³/mol. The van der Waals surface area contributed by atoms with Crippen molar-refractivity contribution in [3.8, 4) is 11.1 Å². The number of hydrogen-bond donors (Lipinski definition) is 0. The lowest BCUT2D eigenvalue weighted by molar-refractivity contribution is -0.534. The number of hydrazone groups is 1. The minimum Gasteiger partial charge on any atom is -0.381 e. The monoisotopic (exact) mass is 319 g/mol. The van der Waals surface area contributed by atoms with E-state index < -0.39 is 0 Å². The van der Waals surface area contributed by atoms with Crippen molar-refractivity contribution in [2.24, 2.45) is 11.0 Å². The van der Waals surface area contributed by atoms with Gasteiger partial charge in [0, 0.05) is 24.7 Å². The first-order chi connectivity index (χ1) is 11.9. The SMILES string of the molecule is C1=[N+](CC2CCOCC2)N=C(c2cccc(-c3ccccc3)c2)C1. The summed E-state index contributed by atoms with van der Waals surface area (Å²) < 4.78 is 7.58. The molecule has 122 valence electrons. The summed E-state index contributed by atoms with van der Waals surface area (Å²) >= 11 is 0. The van der Waals surface area contributed by atoms with Gasteiger partial charge in [0.2, 0.25) is 0 Å². The van der Waals surface area contributed by atoms with Gasteiger partial charge in [0.15, 0.2) is 12.8 Å². The van der Waals surface area contributed by atoms with Gasteiger partial charge in [-0.3, -0.25) is 0 Å². The van der Waals surface area contributed by atoms with Crippen molar-refractivity contribution in [1.29, 1.82) is 0 Å². The van der Waals surface area contributed by atoms with Crippen LogP contribution in [0.1, 0.15) is 24.8 Å². The molecule has 2 aliphatic rings. The average molecular weight is 319 g/mol. The van der Waals surface area contributed by atoms with E-state index in [4.69, 9.17) is 9.84 Å². The Hall–Kier alpha value is -2.26. The summed E-state index contributed by atoms with van der Waals surface area (Å²) in [6.07, 6.45) is 5.44. The Morgan fingerprint density at radius 2 is 1.67 bits per heavy atom. The Kier molecular flexibility index (Phi) is 4.52. The molecule has 0 radical (unpaired) electrons. The smallest absolute Gasteiger partial charge is 0.179 e. The number of ether oxygens (including phenoxy) is 1. The Bertz CT molecular complexity index is 758. The molecule has 3 heteroatoms. The molecule has 0 atom stereocenters. The van der Waals surface area contributed by atoms with E-state index in [1.54, 1.807) is 0 Å². The van der Waals surface area contributed by atoms with Crippen LogP contribution in [0.2, 0.25) is 0 Å². The third-order valence-electron chi connectivity index (χ3n) is 4.83. The summed E-state index contributed by atoms with van der Waals surface area (Å²) in [5.41, 5.74) is 4.89. The fraction of sp³-hybridized carbons (Fsp3) is 0.333. The standard InChI is InChI=1S/C21H23N2O/c1-2-5-18(6-3-1)19-7-4-8-20(15-19)21-9-12-23(22-21)16-17-10-13-24-14-11-17/h1-8,12,15,17H,9-11,13-14,16H2/q+1. The van der Waals surface area contributed by atoms with Gasteiger partial charge in [0.05, 0.1) is 6.42 Å². The third-order valence-corrected chi connectivity index (χ3v) is 4.83. The second-order valence-electron chi connectivity index (χ2n) is 6.56. The molecule has 0 N–H and O–H groups in total. The summed E-state index contributed by atoms with van der Waals surface area (Å²) in [7, 11) is 0. The third kappa shape index (κ3) is 3.46. The zero-order chi connectivity index (χ0) is 16.2. The molecule has 0 aromatic heterocycles. The maximum atomic E-state index is 5.45. The van der Waals surface area contributed by atoms with Crippen LogP contribution < -0.4 is 0 Å². The highest BCUT2D eigenvalue weighted by atomic mass is 16.5. The number of benzene rings is 2. The molecule has 2 aliphatic heterocycles. The van der Waals surface area contributed by atoms with Gasteiger partial charge in [0.25, 0.3) is 0 Å². The molecule has 1 fully saturated rings. The normalized spacial score (nSPS) is 18.3. The fourth-order valence-corrected chi connectivity index (χ4v) is 3.42. The molecule has 0 bridgehead atoms. The second kappa shape index (κ2) is 7.10. The van der Waals surface area contributed by atoms with Crippen molar-refractivity contribution in [1.82, 2.24) is 0 Å². The molecular weight excluding hydrogens is 296 g/mol. The van der Waals surface area contributed by atoms with E-state index >= 15 is 0 Å². The van der Waals surface area contributed by atoms with E-state index in [0.29, 0.717) is 5.92 Å². The van der Waals surface area contributed by atoms with E-state index in [9.17, 15) is 0 Å². The van der Waals surface area contributed by atoms with Gasteiger partial charge in [0.1, 0.15) is 5.71 Å². The van der Waals surface area contributed by atoms with E-state index in [2.05, 4.69) is 65.5 Å². The van der Waals surface area contributed by atoms with Crippen molar-refractivity contribution >= 4 is 11.9 Å². The van der Waals surface area contributed by atoms with Gasteiger partial charge in [-0.15, -0.1) is 0 Å². The summed E-state index contributed by atoms with van der Waals surface area (Å²) in [5.74, 6) is 0.703. The first-order valence-electron chi connectivity index (χ1n) is 8.79. The van der Waals surface area contributed by atoms with Crippen molar-refractivity contribution in [3.63, 3.8) is 0 Å². The van der Waals surface area contributed by atoms with Crippen LogP contribution in [0, 0.1) is 5.92 Å². The Labute approximate surface area is 143 Å². The van der Waals surface area contributed by atoms with Crippen LogP contribution in [0.15, 0.2) is 59.7 Å². The van der Waals surface area contributed by atoms with Crippen molar-refractivity contribution in [3.05, 3.63) is 60.2 Å². The van der Waals surface area contributed by atoms with Crippen molar-refractivity contribution in [2.75, 3.05) is 19.8 Å². The first kappa shape index (κ1) is 15.3. The van der Waals surface area contributed by atoms with Gasteiger partial charge >= 0.3 is 0 Å². The molecule has 1 saturated heterocycles. The van der Waals surface area contributed by atoms with Gasteiger partial charge in [-0.25, -0.2) is 0 Å². The number of hydrogen-bond acceptors (Lipinski definition) is 2. The molecule has 2 aromatic carbocycles. The Morgan fingerprint density at radius 3 is 2.50 bits per heavy atom. The number of nitrogens with zero attached hydrogens (tertiary/aromatic N) is 2. The lowest BCUT2D eigenvalue weighted by Crippen LogP contribution is -2.23. The van der Waals surface area contributed by atoms with Gasteiger partial charge in [-0.05, 0) is 35.1 Å². The molecular formula is C21H23N2O+. The quantitative estimate of drug-likeness (QED) is 0.783. The van der Waals surface area contributed by atoms with Crippen molar-refractivity contribution in [2.45, 2.75) is 19.3 Å². The van der Waals surface area contributed by atoms with Crippen LogP contribution in [0.3, 0.4) is 0 Å². The maximum absolute atomic E-state index is 5.45. The summed E-state index contributed by atoms with van der Waals surface area (Å²) in [6.45, 7) is 2.81. The Balaban J connectivity index is 1.49. The zero-order valence-electron chi connectivity index (χ0n) is 13.9. The van der Waals surface area contributed by atoms with Crippen LogP contribution in [0.4, 0.5) is 0 Å². The molecule has 2 heterocycles. The van der Waals surface area contributed by atoms with E-state index in [0.717, 1.165) is 39.0 Å². The topological polar surface area (TPSA) is 24.6 Å². The zero-order valence-corrected chi connectivity index (χ0v) is 13.9. The summed E-state index contributed by atoms with van der Waals surface area (Å²) in [6, 6.07) is 19.2. The maximum Gasteiger partial charge on any atom is 0.179 e. The Morgan fingerprint density at radius 1 is 0.917 bits per heavy atom. The first-order valence-corrected chi connectivity index (χ1v) is 8.79. The highest BCUT2D eigenvalue weighted by Crippen LogP contribution is 2.22. The second-order valence-corrected chi connectivity index (χ2v) is 6.56.